The molecule has 1 aliphatic heterocycles. The van der Waals surface area contributed by atoms with Crippen molar-refractivity contribution in [3.8, 4) is 11.5 Å². The Morgan fingerprint density at radius 2 is 1.92 bits per heavy atom. The number of aryl methyl sites for hydroxylation is 1. The van der Waals surface area contributed by atoms with Crippen LogP contribution in [0.15, 0.2) is 66.4 Å². The predicted octanol–water partition coefficient (Wildman–Crippen LogP) is 5.25. The lowest BCUT2D eigenvalue weighted by atomic mass is 9.96. The number of carbonyl (C=O) groups is 2. The Morgan fingerprint density at radius 3 is 2.71 bits per heavy atom. The molecular weight excluding hydrogens is 528 g/mol. The van der Waals surface area contributed by atoms with E-state index in [4.69, 9.17) is 16.3 Å². The number of hydrogen-bond acceptors (Lipinski definition) is 8. The zero-order chi connectivity index (χ0) is 26.7. The molecular formula is C27H19ClN4O5S. The van der Waals surface area contributed by atoms with Crippen molar-refractivity contribution in [2.75, 3.05) is 12.0 Å². The Kier molecular flexibility index (Phi) is 5.59. The number of rotatable bonds is 4. The molecule has 11 heteroatoms. The number of imidazole rings is 1. The average molecular weight is 547 g/mol. The second-order valence-electron chi connectivity index (χ2n) is 8.68. The standard InChI is InChI=1S/C27H19ClN4O5S/c1-13-22(31-10-4-3-5-20(31)29-13)24(34)21-23(14-6-9-17(33)18(11-14)37-2)32(26(36)25(21)35)27-30-16-8-7-15(28)12-19(16)38-27/h3-12,23,33-34H,1-2H3. The first-order valence-electron chi connectivity index (χ1n) is 11.5. The topological polar surface area (TPSA) is 117 Å². The Hall–Kier alpha value is -4.41. The van der Waals surface area contributed by atoms with Crippen molar-refractivity contribution >= 4 is 61.4 Å². The summed E-state index contributed by atoms with van der Waals surface area (Å²) in [6, 6.07) is 14.0. The van der Waals surface area contributed by atoms with E-state index in [9.17, 15) is 19.8 Å². The van der Waals surface area contributed by atoms with Gasteiger partial charge in [-0.3, -0.25) is 18.9 Å². The number of Topliss-reactive ketones (excluding diaryl/α,β-unsaturated/α-hetero) is 1. The summed E-state index contributed by atoms with van der Waals surface area (Å²) in [4.78, 5) is 37.5. The lowest BCUT2D eigenvalue weighted by molar-refractivity contribution is -0.132. The van der Waals surface area contributed by atoms with E-state index >= 15 is 0 Å². The fourth-order valence-corrected chi connectivity index (χ4v) is 5.99. The Labute approximate surface area is 224 Å². The van der Waals surface area contributed by atoms with Crippen molar-refractivity contribution in [3.05, 3.63) is 88.3 Å². The van der Waals surface area contributed by atoms with Crippen LogP contribution in [-0.4, -0.2) is 43.4 Å². The number of phenols is 1. The van der Waals surface area contributed by atoms with Gasteiger partial charge in [-0.2, -0.15) is 0 Å². The third-order valence-corrected chi connectivity index (χ3v) is 7.69. The Morgan fingerprint density at radius 1 is 1.11 bits per heavy atom. The highest BCUT2D eigenvalue weighted by molar-refractivity contribution is 7.22. The summed E-state index contributed by atoms with van der Waals surface area (Å²) in [5.74, 6) is -2.05. The van der Waals surface area contributed by atoms with Gasteiger partial charge in [0.1, 0.15) is 11.3 Å². The van der Waals surface area contributed by atoms with Crippen LogP contribution in [0.2, 0.25) is 5.02 Å². The zero-order valence-electron chi connectivity index (χ0n) is 20.0. The van der Waals surface area contributed by atoms with Gasteiger partial charge in [-0.25, -0.2) is 9.97 Å². The quantitative estimate of drug-likeness (QED) is 0.180. The van der Waals surface area contributed by atoms with Gasteiger partial charge in [-0.1, -0.05) is 35.1 Å². The van der Waals surface area contributed by atoms with Gasteiger partial charge in [0, 0.05) is 11.2 Å². The van der Waals surface area contributed by atoms with Crippen molar-refractivity contribution in [1.29, 1.82) is 0 Å². The highest BCUT2D eigenvalue weighted by Gasteiger charge is 2.49. The van der Waals surface area contributed by atoms with E-state index in [2.05, 4.69) is 9.97 Å². The minimum atomic E-state index is -1.06. The van der Waals surface area contributed by atoms with E-state index in [0.29, 0.717) is 33.1 Å². The molecule has 1 atom stereocenters. The minimum Gasteiger partial charge on any atom is -0.505 e. The fraction of sp³-hybridized carbons (Fsp3) is 0.111. The van der Waals surface area contributed by atoms with Crippen LogP contribution in [0.3, 0.4) is 0 Å². The fourth-order valence-electron chi connectivity index (χ4n) is 4.73. The largest absolute Gasteiger partial charge is 0.505 e. The highest BCUT2D eigenvalue weighted by Crippen LogP contribution is 2.46. The number of aromatic hydroxyl groups is 1. The SMILES string of the molecule is COc1cc(C2C(=C(O)c3c(C)nc4ccccn34)C(=O)C(=O)N2c2nc3ccc(Cl)cc3s2)ccc1O. The first-order chi connectivity index (χ1) is 18.3. The number of ether oxygens (including phenoxy) is 1. The molecule has 38 heavy (non-hydrogen) atoms. The number of ketones is 1. The number of aliphatic hydroxyl groups is 1. The summed E-state index contributed by atoms with van der Waals surface area (Å²) in [7, 11) is 1.40. The molecule has 6 rings (SSSR count). The molecule has 2 aromatic carbocycles. The molecule has 0 bridgehead atoms. The van der Waals surface area contributed by atoms with E-state index in [0.717, 1.165) is 4.70 Å². The first kappa shape index (κ1) is 24.0. The maximum atomic E-state index is 13.6. The van der Waals surface area contributed by atoms with Crippen LogP contribution in [0, 0.1) is 6.92 Å². The lowest BCUT2D eigenvalue weighted by Gasteiger charge is -2.23. The van der Waals surface area contributed by atoms with Crippen molar-refractivity contribution in [2.45, 2.75) is 13.0 Å². The predicted molar refractivity (Wildman–Crippen MR) is 144 cm³/mol. The summed E-state index contributed by atoms with van der Waals surface area (Å²) in [5.41, 5.74) is 2.27. The second-order valence-corrected chi connectivity index (χ2v) is 10.1. The third kappa shape index (κ3) is 3.60. The molecule has 9 nitrogen and oxygen atoms in total. The average Bonchev–Trinajstić information content (AvgIpc) is 3.54. The monoisotopic (exact) mass is 546 g/mol. The minimum absolute atomic E-state index is 0.111. The maximum Gasteiger partial charge on any atom is 0.301 e. The van der Waals surface area contributed by atoms with E-state index < -0.39 is 17.7 Å². The van der Waals surface area contributed by atoms with E-state index in [1.807, 2.05) is 6.07 Å². The number of aromatic nitrogens is 3. The van der Waals surface area contributed by atoms with Gasteiger partial charge in [0.2, 0.25) is 0 Å². The summed E-state index contributed by atoms with van der Waals surface area (Å²) in [5, 5.41) is 22.6. The number of fused-ring (bicyclic) bond motifs is 2. The molecule has 1 amide bonds. The van der Waals surface area contributed by atoms with Crippen LogP contribution in [0.1, 0.15) is 23.0 Å². The van der Waals surface area contributed by atoms with Gasteiger partial charge in [0.05, 0.1) is 34.6 Å². The van der Waals surface area contributed by atoms with Crippen LogP contribution in [0.25, 0.3) is 21.6 Å². The van der Waals surface area contributed by atoms with Crippen LogP contribution in [0.5, 0.6) is 11.5 Å². The molecule has 0 aliphatic carbocycles. The zero-order valence-corrected chi connectivity index (χ0v) is 21.6. The number of amides is 1. The van der Waals surface area contributed by atoms with Crippen LogP contribution in [0.4, 0.5) is 5.13 Å². The lowest BCUT2D eigenvalue weighted by Crippen LogP contribution is -2.29. The number of carbonyl (C=O) groups excluding carboxylic acids is 2. The molecule has 1 fully saturated rings. The number of thiazole rings is 1. The van der Waals surface area contributed by atoms with Gasteiger partial charge in [-0.05, 0) is 55.0 Å². The number of phenolic OH excluding ortho intramolecular Hbond substituents is 1. The number of benzene rings is 2. The number of hydrogen-bond donors (Lipinski definition) is 2. The summed E-state index contributed by atoms with van der Waals surface area (Å²) in [6.45, 7) is 1.72. The molecule has 0 radical (unpaired) electrons. The third-order valence-electron chi connectivity index (χ3n) is 6.44. The molecule has 0 saturated carbocycles. The van der Waals surface area contributed by atoms with E-state index in [-0.39, 0.29) is 28.0 Å². The van der Waals surface area contributed by atoms with Crippen molar-refractivity contribution in [3.63, 3.8) is 0 Å². The Balaban J connectivity index is 1.63. The number of halogens is 1. The maximum absolute atomic E-state index is 13.6. The summed E-state index contributed by atoms with van der Waals surface area (Å²) < 4.78 is 7.68. The number of anilines is 1. The molecule has 3 aromatic heterocycles. The second kappa shape index (κ2) is 8.86. The van der Waals surface area contributed by atoms with Gasteiger partial charge in [0.15, 0.2) is 22.4 Å². The van der Waals surface area contributed by atoms with Crippen molar-refractivity contribution in [1.82, 2.24) is 14.4 Å². The first-order valence-corrected chi connectivity index (χ1v) is 12.7. The van der Waals surface area contributed by atoms with Crippen LogP contribution in [-0.2, 0) is 9.59 Å². The number of nitrogens with zero attached hydrogens (tertiary/aromatic N) is 4. The molecule has 5 aromatic rings. The smallest absolute Gasteiger partial charge is 0.301 e. The molecule has 1 unspecified atom stereocenters. The Bertz CT molecular complexity index is 1830. The van der Waals surface area contributed by atoms with Gasteiger partial charge in [-0.15, -0.1) is 0 Å². The van der Waals surface area contributed by atoms with E-state index in [1.165, 1.54) is 35.5 Å². The normalized spacial score (nSPS) is 17.1. The molecule has 4 heterocycles. The van der Waals surface area contributed by atoms with Crippen molar-refractivity contribution < 1.29 is 24.5 Å². The number of aliphatic hydroxyl groups excluding tert-OH is 1. The van der Waals surface area contributed by atoms with Gasteiger partial charge >= 0.3 is 5.91 Å². The summed E-state index contributed by atoms with van der Waals surface area (Å²) in [6.07, 6.45) is 1.72. The number of methoxy groups -OCH3 is 1. The summed E-state index contributed by atoms with van der Waals surface area (Å²) >= 11 is 7.35. The molecule has 0 spiro atoms. The van der Waals surface area contributed by atoms with Crippen molar-refractivity contribution in [2.24, 2.45) is 0 Å². The number of pyridine rings is 1. The van der Waals surface area contributed by atoms with Crippen LogP contribution < -0.4 is 9.64 Å². The molecule has 1 aliphatic rings. The molecule has 2 N–H and O–H groups in total. The van der Waals surface area contributed by atoms with E-state index in [1.54, 1.807) is 53.9 Å². The molecule has 1 saturated heterocycles. The van der Waals surface area contributed by atoms with Gasteiger partial charge in [0.25, 0.3) is 5.78 Å². The highest BCUT2D eigenvalue weighted by atomic mass is 35.5. The molecule has 190 valence electrons. The van der Waals surface area contributed by atoms with Gasteiger partial charge < -0.3 is 14.9 Å². The van der Waals surface area contributed by atoms with Crippen LogP contribution >= 0.6 is 22.9 Å².